The van der Waals surface area contributed by atoms with Gasteiger partial charge in [0.15, 0.2) is 11.0 Å². The third kappa shape index (κ3) is 6.22. The Labute approximate surface area is 194 Å². The van der Waals surface area contributed by atoms with Gasteiger partial charge >= 0.3 is 0 Å². The van der Waals surface area contributed by atoms with Crippen LogP contribution in [0.4, 0.5) is 0 Å². The standard InChI is InChI=1S/C24H33N5O2S/c1-5-14-29-22(21(16(2)3)26-23(31)18-12-10-17(4)11-13-18)27-28-24(29)32-15-20(30)25-19-8-6-7-9-19/h5,10-13,16,19,21H,1,6-9,14-15H2,2-4H3,(H,25,30)(H,26,31)/t21-/m1/s1. The summed E-state index contributed by atoms with van der Waals surface area (Å²) in [6.07, 6.45) is 6.25. The van der Waals surface area contributed by atoms with E-state index in [1.54, 1.807) is 6.08 Å². The molecule has 2 aromatic rings. The highest BCUT2D eigenvalue weighted by Crippen LogP contribution is 2.26. The van der Waals surface area contributed by atoms with Crippen LogP contribution in [0.15, 0.2) is 42.1 Å². The van der Waals surface area contributed by atoms with Crippen molar-refractivity contribution in [3.05, 3.63) is 53.9 Å². The molecular weight excluding hydrogens is 422 g/mol. The Morgan fingerprint density at radius 1 is 1.22 bits per heavy atom. The lowest BCUT2D eigenvalue weighted by molar-refractivity contribution is -0.119. The molecule has 7 nitrogen and oxygen atoms in total. The average Bonchev–Trinajstić information content (AvgIpc) is 3.41. The largest absolute Gasteiger partial charge is 0.353 e. The molecule has 2 N–H and O–H groups in total. The number of carbonyl (C=O) groups excluding carboxylic acids is 2. The first-order valence-electron chi connectivity index (χ1n) is 11.2. The van der Waals surface area contributed by atoms with E-state index < -0.39 is 0 Å². The third-order valence-electron chi connectivity index (χ3n) is 5.65. The molecule has 2 amide bonds. The van der Waals surface area contributed by atoms with E-state index in [2.05, 4.69) is 27.4 Å². The highest BCUT2D eigenvalue weighted by Gasteiger charge is 2.26. The first-order chi connectivity index (χ1) is 15.4. The van der Waals surface area contributed by atoms with E-state index in [9.17, 15) is 9.59 Å². The van der Waals surface area contributed by atoms with Crippen LogP contribution in [0.25, 0.3) is 0 Å². The molecule has 3 rings (SSSR count). The quantitative estimate of drug-likeness (QED) is 0.417. The first-order valence-corrected chi connectivity index (χ1v) is 12.2. The summed E-state index contributed by atoms with van der Waals surface area (Å²) in [5.74, 6) is 0.917. The van der Waals surface area contributed by atoms with E-state index in [-0.39, 0.29) is 29.5 Å². The van der Waals surface area contributed by atoms with Crippen molar-refractivity contribution in [2.24, 2.45) is 5.92 Å². The van der Waals surface area contributed by atoms with Gasteiger partial charge in [-0.05, 0) is 37.8 Å². The molecule has 0 radical (unpaired) electrons. The van der Waals surface area contributed by atoms with Crippen molar-refractivity contribution in [1.29, 1.82) is 0 Å². The number of carbonyl (C=O) groups is 2. The van der Waals surface area contributed by atoms with Crippen molar-refractivity contribution in [2.75, 3.05) is 5.75 Å². The fraction of sp³-hybridized carbons (Fsp3) is 0.500. The summed E-state index contributed by atoms with van der Waals surface area (Å²) in [6, 6.07) is 7.46. The number of hydrogen-bond acceptors (Lipinski definition) is 5. The van der Waals surface area contributed by atoms with Crippen molar-refractivity contribution < 1.29 is 9.59 Å². The molecule has 0 saturated heterocycles. The summed E-state index contributed by atoms with van der Waals surface area (Å²) >= 11 is 1.36. The number of benzene rings is 1. The minimum absolute atomic E-state index is 0.0182. The Kier molecular flexibility index (Phi) is 8.50. The van der Waals surface area contributed by atoms with Crippen LogP contribution in [-0.2, 0) is 11.3 Å². The lowest BCUT2D eigenvalue weighted by Crippen LogP contribution is -2.34. The van der Waals surface area contributed by atoms with Crippen LogP contribution in [0.1, 0.15) is 67.3 Å². The zero-order chi connectivity index (χ0) is 23.1. The number of hydrogen-bond donors (Lipinski definition) is 2. The highest BCUT2D eigenvalue weighted by molar-refractivity contribution is 7.99. The maximum Gasteiger partial charge on any atom is 0.251 e. The zero-order valence-corrected chi connectivity index (χ0v) is 20.0. The molecular formula is C24H33N5O2S. The van der Waals surface area contributed by atoms with E-state index in [4.69, 9.17) is 0 Å². The SMILES string of the molecule is C=CCn1c(SCC(=O)NC2CCCC2)nnc1[C@H](NC(=O)c1ccc(C)cc1)C(C)C. The summed E-state index contributed by atoms with van der Waals surface area (Å²) in [5.41, 5.74) is 1.71. The molecule has 0 bridgehead atoms. The predicted octanol–water partition coefficient (Wildman–Crippen LogP) is 4.05. The average molecular weight is 456 g/mol. The molecule has 1 atom stereocenters. The van der Waals surface area contributed by atoms with Gasteiger partial charge in [0, 0.05) is 18.2 Å². The monoisotopic (exact) mass is 455 g/mol. The van der Waals surface area contributed by atoms with Crippen LogP contribution in [0.3, 0.4) is 0 Å². The van der Waals surface area contributed by atoms with Crippen LogP contribution in [-0.4, -0.2) is 38.4 Å². The molecule has 1 aliphatic rings. The van der Waals surface area contributed by atoms with E-state index >= 15 is 0 Å². The van der Waals surface area contributed by atoms with E-state index in [0.717, 1.165) is 18.4 Å². The molecule has 8 heteroatoms. The second kappa shape index (κ2) is 11.3. The maximum atomic E-state index is 12.9. The number of aromatic nitrogens is 3. The topological polar surface area (TPSA) is 88.9 Å². The second-order valence-corrected chi connectivity index (χ2v) is 9.58. The van der Waals surface area contributed by atoms with Crippen LogP contribution in [0, 0.1) is 12.8 Å². The van der Waals surface area contributed by atoms with Gasteiger partial charge in [0.05, 0.1) is 11.8 Å². The van der Waals surface area contributed by atoms with Gasteiger partial charge in [-0.2, -0.15) is 0 Å². The van der Waals surface area contributed by atoms with Gasteiger partial charge in [-0.25, -0.2) is 0 Å². The Bertz CT molecular complexity index is 932. The number of nitrogens with one attached hydrogen (secondary N) is 2. The molecule has 172 valence electrons. The van der Waals surface area contributed by atoms with Crippen LogP contribution in [0.2, 0.25) is 0 Å². The molecule has 1 heterocycles. The number of thioether (sulfide) groups is 1. The summed E-state index contributed by atoms with van der Waals surface area (Å²) < 4.78 is 1.93. The molecule has 0 aliphatic heterocycles. The summed E-state index contributed by atoms with van der Waals surface area (Å²) in [6.45, 7) is 10.4. The fourth-order valence-corrected chi connectivity index (χ4v) is 4.63. The molecule has 1 aromatic carbocycles. The zero-order valence-electron chi connectivity index (χ0n) is 19.1. The smallest absolute Gasteiger partial charge is 0.251 e. The first kappa shape index (κ1) is 24.0. The van der Waals surface area contributed by atoms with Crippen molar-refractivity contribution in [1.82, 2.24) is 25.4 Å². The summed E-state index contributed by atoms with van der Waals surface area (Å²) in [7, 11) is 0. The third-order valence-corrected chi connectivity index (χ3v) is 6.62. The van der Waals surface area contributed by atoms with Crippen LogP contribution < -0.4 is 10.6 Å². The summed E-state index contributed by atoms with van der Waals surface area (Å²) in [5, 5.41) is 15.6. The number of rotatable bonds is 10. The molecule has 1 aliphatic carbocycles. The van der Waals surface area contributed by atoms with E-state index in [1.807, 2.05) is 49.6 Å². The lowest BCUT2D eigenvalue weighted by Gasteiger charge is -2.22. The maximum absolute atomic E-state index is 12.9. The van der Waals surface area contributed by atoms with Crippen molar-refractivity contribution in [2.45, 2.75) is 70.2 Å². The van der Waals surface area contributed by atoms with E-state index in [1.165, 1.54) is 24.6 Å². The molecule has 1 aromatic heterocycles. The Morgan fingerprint density at radius 3 is 2.53 bits per heavy atom. The van der Waals surface area contributed by atoms with Gasteiger partial charge in [-0.1, -0.05) is 62.2 Å². The summed E-state index contributed by atoms with van der Waals surface area (Å²) in [4.78, 5) is 25.2. The van der Waals surface area contributed by atoms with Gasteiger partial charge in [-0.3, -0.25) is 9.59 Å². The fourth-order valence-electron chi connectivity index (χ4n) is 3.87. The molecule has 1 saturated carbocycles. The van der Waals surface area contributed by atoms with Crippen LogP contribution in [0.5, 0.6) is 0 Å². The highest BCUT2D eigenvalue weighted by atomic mass is 32.2. The van der Waals surface area contributed by atoms with Gasteiger partial charge in [0.1, 0.15) is 0 Å². The number of aryl methyl sites for hydroxylation is 1. The second-order valence-electron chi connectivity index (χ2n) is 8.64. The van der Waals surface area contributed by atoms with Gasteiger partial charge in [0.2, 0.25) is 5.91 Å². The molecule has 32 heavy (non-hydrogen) atoms. The normalized spacial score (nSPS) is 15.0. The van der Waals surface area contributed by atoms with E-state index in [0.29, 0.717) is 29.1 Å². The molecule has 0 unspecified atom stereocenters. The minimum Gasteiger partial charge on any atom is -0.353 e. The molecule has 1 fully saturated rings. The molecule has 0 spiro atoms. The Balaban J connectivity index is 1.72. The van der Waals surface area contributed by atoms with Gasteiger partial charge in [-0.15, -0.1) is 16.8 Å². The van der Waals surface area contributed by atoms with Gasteiger partial charge < -0.3 is 15.2 Å². The Hall–Kier alpha value is -2.61. The Morgan fingerprint density at radius 2 is 1.91 bits per heavy atom. The predicted molar refractivity (Wildman–Crippen MR) is 128 cm³/mol. The number of allylic oxidation sites excluding steroid dienone is 1. The lowest BCUT2D eigenvalue weighted by atomic mass is 10.0. The van der Waals surface area contributed by atoms with Gasteiger partial charge in [0.25, 0.3) is 5.91 Å². The van der Waals surface area contributed by atoms with Crippen molar-refractivity contribution in [3.8, 4) is 0 Å². The number of amides is 2. The van der Waals surface area contributed by atoms with Crippen molar-refractivity contribution >= 4 is 23.6 Å². The number of nitrogens with zero attached hydrogens (tertiary/aromatic N) is 3. The van der Waals surface area contributed by atoms with Crippen LogP contribution >= 0.6 is 11.8 Å². The van der Waals surface area contributed by atoms with Crippen molar-refractivity contribution in [3.63, 3.8) is 0 Å². The minimum atomic E-state index is -0.321.